The standard InChI is InChI=1S/C22H29NO4/c1-4-27-19-10-7-18(8-11-19)22(24)12-5-13-23(16-22)15-17-6-9-20(25-2)14-21(17)26-3/h6-11,14,24H,4-5,12-13,15-16H2,1-3H3. The van der Waals surface area contributed by atoms with Gasteiger partial charge in [0.1, 0.15) is 22.8 Å². The van der Waals surface area contributed by atoms with Crippen LogP contribution in [-0.4, -0.2) is 43.9 Å². The average molecular weight is 371 g/mol. The fraction of sp³-hybridized carbons (Fsp3) is 0.455. The molecule has 2 aromatic carbocycles. The molecule has 1 aliphatic rings. The van der Waals surface area contributed by atoms with Gasteiger partial charge in [-0.3, -0.25) is 4.90 Å². The fourth-order valence-electron chi connectivity index (χ4n) is 3.75. The van der Waals surface area contributed by atoms with E-state index in [2.05, 4.69) is 4.90 Å². The largest absolute Gasteiger partial charge is 0.497 e. The highest BCUT2D eigenvalue weighted by atomic mass is 16.5. The molecule has 0 bridgehead atoms. The zero-order chi connectivity index (χ0) is 19.3. The lowest BCUT2D eigenvalue weighted by Crippen LogP contribution is -2.45. The molecular weight excluding hydrogens is 342 g/mol. The van der Waals surface area contributed by atoms with E-state index in [9.17, 15) is 5.11 Å². The van der Waals surface area contributed by atoms with Gasteiger partial charge in [0.2, 0.25) is 0 Å². The Labute approximate surface area is 161 Å². The van der Waals surface area contributed by atoms with Crippen LogP contribution in [0.25, 0.3) is 0 Å². The summed E-state index contributed by atoms with van der Waals surface area (Å²) in [5, 5.41) is 11.3. The van der Waals surface area contributed by atoms with Crippen molar-refractivity contribution in [2.75, 3.05) is 33.9 Å². The first-order chi connectivity index (χ1) is 13.1. The summed E-state index contributed by atoms with van der Waals surface area (Å²) in [7, 11) is 3.32. The number of nitrogens with zero attached hydrogens (tertiary/aromatic N) is 1. The van der Waals surface area contributed by atoms with Gasteiger partial charge in [-0.25, -0.2) is 0 Å². The molecule has 0 aromatic heterocycles. The Balaban J connectivity index is 1.73. The van der Waals surface area contributed by atoms with Crippen LogP contribution in [0.4, 0.5) is 0 Å². The number of β-amino-alcohol motifs (C(OH)–C–C–N with tert-alkyl or cyclic N) is 1. The minimum absolute atomic E-state index is 0.593. The van der Waals surface area contributed by atoms with Crippen molar-refractivity contribution in [3.63, 3.8) is 0 Å². The normalized spacial score (nSPS) is 20.3. The van der Waals surface area contributed by atoms with Crippen LogP contribution in [0.15, 0.2) is 42.5 Å². The van der Waals surface area contributed by atoms with Crippen molar-refractivity contribution in [2.24, 2.45) is 0 Å². The van der Waals surface area contributed by atoms with E-state index in [0.717, 1.165) is 54.3 Å². The van der Waals surface area contributed by atoms with Gasteiger partial charge >= 0.3 is 0 Å². The maximum Gasteiger partial charge on any atom is 0.127 e. The van der Waals surface area contributed by atoms with Crippen molar-refractivity contribution in [1.82, 2.24) is 4.90 Å². The lowest BCUT2D eigenvalue weighted by Gasteiger charge is -2.39. The third-order valence-electron chi connectivity index (χ3n) is 5.14. The SMILES string of the molecule is CCOc1ccc(C2(O)CCCN(Cc3ccc(OC)cc3OC)C2)cc1. The van der Waals surface area contributed by atoms with E-state index in [-0.39, 0.29) is 0 Å². The number of hydrogen-bond donors (Lipinski definition) is 1. The molecule has 0 saturated carbocycles. The summed E-state index contributed by atoms with van der Waals surface area (Å²) in [6.07, 6.45) is 1.71. The molecule has 5 heteroatoms. The Morgan fingerprint density at radius 1 is 1.04 bits per heavy atom. The van der Waals surface area contributed by atoms with Crippen LogP contribution < -0.4 is 14.2 Å². The Morgan fingerprint density at radius 3 is 2.44 bits per heavy atom. The molecule has 5 nitrogen and oxygen atoms in total. The lowest BCUT2D eigenvalue weighted by atomic mass is 9.85. The second-order valence-electron chi connectivity index (χ2n) is 6.98. The highest BCUT2D eigenvalue weighted by Gasteiger charge is 2.35. The van der Waals surface area contributed by atoms with Gasteiger partial charge in [0, 0.05) is 24.7 Å². The van der Waals surface area contributed by atoms with Gasteiger partial charge in [-0.1, -0.05) is 18.2 Å². The monoisotopic (exact) mass is 371 g/mol. The van der Waals surface area contributed by atoms with Crippen LogP contribution in [0.2, 0.25) is 0 Å². The zero-order valence-electron chi connectivity index (χ0n) is 16.4. The molecule has 0 aliphatic carbocycles. The van der Waals surface area contributed by atoms with Crippen LogP contribution in [0.1, 0.15) is 30.9 Å². The third kappa shape index (κ3) is 4.54. The highest BCUT2D eigenvalue weighted by molar-refractivity contribution is 5.41. The molecule has 0 radical (unpaired) electrons. The Bertz CT molecular complexity index is 746. The summed E-state index contributed by atoms with van der Waals surface area (Å²) >= 11 is 0. The molecule has 3 rings (SSSR count). The first-order valence-electron chi connectivity index (χ1n) is 9.47. The quantitative estimate of drug-likeness (QED) is 0.806. The van der Waals surface area contributed by atoms with Crippen LogP contribution in [-0.2, 0) is 12.1 Å². The minimum Gasteiger partial charge on any atom is -0.497 e. The second kappa shape index (κ2) is 8.63. The van der Waals surface area contributed by atoms with Crippen LogP contribution >= 0.6 is 0 Å². The topological polar surface area (TPSA) is 51.2 Å². The van der Waals surface area contributed by atoms with Gasteiger partial charge in [-0.2, -0.15) is 0 Å². The Kier molecular flexibility index (Phi) is 6.24. The van der Waals surface area contributed by atoms with Crippen LogP contribution in [0, 0.1) is 0 Å². The lowest BCUT2D eigenvalue weighted by molar-refractivity contribution is -0.0383. The van der Waals surface area contributed by atoms with Gasteiger partial charge in [-0.05, 0) is 50.1 Å². The number of likely N-dealkylation sites (tertiary alicyclic amines) is 1. The average Bonchev–Trinajstić information content (AvgIpc) is 2.69. The van der Waals surface area contributed by atoms with E-state index in [4.69, 9.17) is 14.2 Å². The predicted molar refractivity (Wildman–Crippen MR) is 106 cm³/mol. The van der Waals surface area contributed by atoms with Gasteiger partial charge in [-0.15, -0.1) is 0 Å². The van der Waals surface area contributed by atoms with Crippen LogP contribution in [0.5, 0.6) is 17.2 Å². The molecule has 0 amide bonds. The van der Waals surface area contributed by atoms with E-state index >= 15 is 0 Å². The summed E-state index contributed by atoms with van der Waals surface area (Å²) in [6, 6.07) is 13.7. The molecule has 1 unspecified atom stereocenters. The predicted octanol–water partition coefficient (Wildman–Crippen LogP) is 3.59. The maximum absolute atomic E-state index is 11.3. The van der Waals surface area contributed by atoms with Crippen molar-refractivity contribution in [2.45, 2.75) is 31.9 Å². The van der Waals surface area contributed by atoms with Crippen molar-refractivity contribution < 1.29 is 19.3 Å². The Hall–Kier alpha value is -2.24. The van der Waals surface area contributed by atoms with Gasteiger partial charge in [0.25, 0.3) is 0 Å². The number of benzene rings is 2. The third-order valence-corrected chi connectivity index (χ3v) is 5.14. The smallest absolute Gasteiger partial charge is 0.127 e. The summed E-state index contributed by atoms with van der Waals surface area (Å²) in [5.41, 5.74) is 1.19. The van der Waals surface area contributed by atoms with E-state index in [1.807, 2.05) is 49.4 Å². The number of aliphatic hydroxyl groups is 1. The van der Waals surface area contributed by atoms with E-state index in [1.54, 1.807) is 14.2 Å². The number of hydrogen-bond acceptors (Lipinski definition) is 5. The van der Waals surface area contributed by atoms with Crippen molar-refractivity contribution >= 4 is 0 Å². The van der Waals surface area contributed by atoms with Crippen molar-refractivity contribution in [3.8, 4) is 17.2 Å². The summed E-state index contributed by atoms with van der Waals surface area (Å²) in [4.78, 5) is 2.28. The number of piperidine rings is 1. The zero-order valence-corrected chi connectivity index (χ0v) is 16.4. The fourth-order valence-corrected chi connectivity index (χ4v) is 3.75. The molecule has 1 N–H and O–H groups in total. The number of rotatable bonds is 7. The summed E-state index contributed by atoms with van der Waals surface area (Å²) in [5.74, 6) is 2.42. The van der Waals surface area contributed by atoms with E-state index in [1.165, 1.54) is 0 Å². The number of ether oxygens (including phenoxy) is 3. The van der Waals surface area contributed by atoms with Crippen LogP contribution in [0.3, 0.4) is 0 Å². The summed E-state index contributed by atoms with van der Waals surface area (Å²) < 4.78 is 16.3. The van der Waals surface area contributed by atoms with Crippen molar-refractivity contribution in [3.05, 3.63) is 53.6 Å². The minimum atomic E-state index is -0.845. The van der Waals surface area contributed by atoms with Gasteiger partial charge in [0.15, 0.2) is 0 Å². The molecule has 0 spiro atoms. The Morgan fingerprint density at radius 2 is 1.78 bits per heavy atom. The molecule has 1 heterocycles. The van der Waals surface area contributed by atoms with Gasteiger partial charge < -0.3 is 19.3 Å². The first kappa shape index (κ1) is 19.5. The van der Waals surface area contributed by atoms with Crippen molar-refractivity contribution in [1.29, 1.82) is 0 Å². The molecule has 146 valence electrons. The second-order valence-corrected chi connectivity index (χ2v) is 6.98. The molecular formula is C22H29NO4. The first-order valence-corrected chi connectivity index (χ1v) is 9.47. The molecule has 1 saturated heterocycles. The van der Waals surface area contributed by atoms with Gasteiger partial charge in [0.05, 0.1) is 20.8 Å². The summed E-state index contributed by atoms with van der Waals surface area (Å²) in [6.45, 7) is 4.88. The number of methoxy groups -OCH3 is 2. The molecule has 1 atom stereocenters. The highest BCUT2D eigenvalue weighted by Crippen LogP contribution is 2.34. The van der Waals surface area contributed by atoms with E-state index < -0.39 is 5.60 Å². The molecule has 1 aliphatic heterocycles. The maximum atomic E-state index is 11.3. The van der Waals surface area contributed by atoms with E-state index in [0.29, 0.717) is 13.2 Å². The molecule has 27 heavy (non-hydrogen) atoms. The molecule has 1 fully saturated rings. The molecule has 2 aromatic rings.